The van der Waals surface area contributed by atoms with E-state index in [-0.39, 0.29) is 0 Å². The Bertz CT molecular complexity index is 979. The van der Waals surface area contributed by atoms with Crippen LogP contribution in [0, 0.1) is 6.92 Å². The quantitative estimate of drug-likeness (QED) is 0.440. The van der Waals surface area contributed by atoms with Crippen LogP contribution in [-0.4, -0.2) is 15.0 Å². The van der Waals surface area contributed by atoms with Gasteiger partial charge >= 0.3 is 0 Å². The van der Waals surface area contributed by atoms with E-state index in [9.17, 15) is 0 Å². The Morgan fingerprint density at radius 2 is 0.815 bits per heavy atom. The fourth-order valence-electron chi connectivity index (χ4n) is 2.77. The first-order valence-corrected chi connectivity index (χ1v) is 9.23. The molecule has 0 saturated carbocycles. The van der Waals surface area contributed by atoms with Gasteiger partial charge in [0.2, 0.25) is 0 Å². The summed E-state index contributed by atoms with van der Waals surface area (Å²) in [6.45, 7) is 5.90. The summed E-state index contributed by atoms with van der Waals surface area (Å²) in [6, 6.07) is 28.6. The molecule has 3 heteroatoms. The molecule has 0 atom stereocenters. The molecule has 0 spiro atoms. The Labute approximate surface area is 160 Å². The molecule has 0 saturated heterocycles. The highest BCUT2D eigenvalue weighted by molar-refractivity contribution is 5.68. The van der Waals surface area contributed by atoms with Crippen molar-refractivity contribution in [3.63, 3.8) is 0 Å². The number of hydrogen-bond donors (Lipinski definition) is 0. The summed E-state index contributed by atoms with van der Waals surface area (Å²) in [7, 11) is 0. The molecule has 1 heterocycles. The van der Waals surface area contributed by atoms with Gasteiger partial charge in [-0.2, -0.15) is 0 Å². The van der Waals surface area contributed by atoms with Gasteiger partial charge in [0.25, 0.3) is 0 Å². The average Bonchev–Trinajstić information content (AvgIpc) is 2.76. The number of rotatable bonds is 3. The fraction of sp³-hybridized carbons (Fsp3) is 0.125. The van der Waals surface area contributed by atoms with Crippen molar-refractivity contribution in [2.75, 3.05) is 0 Å². The molecule has 0 unspecified atom stereocenters. The van der Waals surface area contributed by atoms with Crippen LogP contribution in [0.1, 0.15) is 19.7 Å². The van der Waals surface area contributed by atoms with Crippen molar-refractivity contribution in [3.05, 3.63) is 90.8 Å². The summed E-state index contributed by atoms with van der Waals surface area (Å²) in [5, 5.41) is 0. The van der Waals surface area contributed by atoms with Crippen LogP contribution in [0.25, 0.3) is 33.9 Å². The molecule has 0 aliphatic heterocycles. The normalized spacial score (nSPS) is 10.0. The minimum absolute atomic E-state index is 0.700. The van der Waals surface area contributed by atoms with E-state index in [0.29, 0.717) is 11.6 Å². The lowest BCUT2D eigenvalue weighted by molar-refractivity contribution is 0.992. The number of hydrogen-bond acceptors (Lipinski definition) is 3. The first-order valence-electron chi connectivity index (χ1n) is 9.23. The van der Waals surface area contributed by atoms with E-state index in [1.807, 2.05) is 69.3 Å². The van der Waals surface area contributed by atoms with Crippen LogP contribution in [0.4, 0.5) is 0 Å². The lowest BCUT2D eigenvalue weighted by Crippen LogP contribution is -1.99. The van der Waals surface area contributed by atoms with Crippen LogP contribution in [0.5, 0.6) is 0 Å². The summed E-state index contributed by atoms with van der Waals surface area (Å²) in [6.07, 6.45) is 0. The maximum Gasteiger partial charge on any atom is 0.163 e. The van der Waals surface area contributed by atoms with E-state index >= 15 is 0 Å². The molecule has 3 aromatic carbocycles. The van der Waals surface area contributed by atoms with Crippen molar-refractivity contribution in [3.8, 4) is 33.9 Å². The minimum Gasteiger partial charge on any atom is -0.213 e. The number of benzene rings is 3. The van der Waals surface area contributed by atoms with Crippen LogP contribution in [0.15, 0.2) is 84.9 Å². The Balaban J connectivity index is 0.00000102. The van der Waals surface area contributed by atoms with Crippen molar-refractivity contribution in [1.29, 1.82) is 0 Å². The lowest BCUT2D eigenvalue weighted by Gasteiger charge is -2.07. The summed E-state index contributed by atoms with van der Waals surface area (Å²) in [4.78, 5) is 13.6. The summed E-state index contributed by atoms with van der Waals surface area (Å²) in [5.41, 5.74) is 4.36. The van der Waals surface area contributed by atoms with Gasteiger partial charge in [-0.05, 0) is 18.1 Å². The van der Waals surface area contributed by atoms with Crippen molar-refractivity contribution in [2.45, 2.75) is 20.8 Å². The van der Waals surface area contributed by atoms with E-state index in [1.165, 1.54) is 11.1 Å². The Morgan fingerprint density at radius 1 is 0.444 bits per heavy atom. The Hall–Kier alpha value is -3.33. The van der Waals surface area contributed by atoms with E-state index < -0.39 is 0 Å². The first-order chi connectivity index (χ1) is 13.3. The Kier molecular flexibility index (Phi) is 6.06. The van der Waals surface area contributed by atoms with Gasteiger partial charge < -0.3 is 0 Å². The van der Waals surface area contributed by atoms with Crippen molar-refractivity contribution in [2.24, 2.45) is 0 Å². The maximum atomic E-state index is 4.65. The fourth-order valence-corrected chi connectivity index (χ4v) is 2.77. The van der Waals surface area contributed by atoms with Crippen molar-refractivity contribution >= 4 is 0 Å². The third-order valence-corrected chi connectivity index (χ3v) is 4.03. The highest BCUT2D eigenvalue weighted by Crippen LogP contribution is 2.24. The zero-order valence-corrected chi connectivity index (χ0v) is 15.9. The molecule has 4 rings (SSSR count). The van der Waals surface area contributed by atoms with E-state index in [0.717, 1.165) is 17.0 Å². The van der Waals surface area contributed by atoms with Gasteiger partial charge in [0.05, 0.1) is 0 Å². The van der Waals surface area contributed by atoms with Crippen LogP contribution < -0.4 is 0 Å². The molecule has 3 nitrogen and oxygen atoms in total. The van der Waals surface area contributed by atoms with Gasteiger partial charge in [-0.1, -0.05) is 98.8 Å². The van der Waals surface area contributed by atoms with Gasteiger partial charge in [0.1, 0.15) is 5.82 Å². The number of nitrogens with zero attached hydrogens (tertiary/aromatic N) is 3. The smallest absolute Gasteiger partial charge is 0.163 e. The molecular weight excluding hydrogens is 330 g/mol. The number of aromatic nitrogens is 3. The highest BCUT2D eigenvalue weighted by atomic mass is 15.0. The maximum absolute atomic E-state index is 4.65. The van der Waals surface area contributed by atoms with Gasteiger partial charge in [0.15, 0.2) is 11.6 Å². The summed E-state index contributed by atoms with van der Waals surface area (Å²) < 4.78 is 0. The van der Waals surface area contributed by atoms with Gasteiger partial charge in [0, 0.05) is 11.1 Å². The predicted molar refractivity (Wildman–Crippen MR) is 112 cm³/mol. The number of aryl methyl sites for hydroxylation is 1. The van der Waals surface area contributed by atoms with E-state index in [2.05, 4.69) is 51.4 Å². The molecule has 0 aliphatic rings. The first kappa shape index (κ1) is 18.5. The van der Waals surface area contributed by atoms with Gasteiger partial charge in [-0.15, -0.1) is 0 Å². The third-order valence-electron chi connectivity index (χ3n) is 4.03. The second-order valence-corrected chi connectivity index (χ2v) is 5.84. The van der Waals surface area contributed by atoms with Crippen LogP contribution in [-0.2, 0) is 0 Å². The molecule has 0 radical (unpaired) electrons. The van der Waals surface area contributed by atoms with Crippen LogP contribution in [0.2, 0.25) is 0 Å². The second kappa shape index (κ2) is 8.86. The molecule has 0 amide bonds. The van der Waals surface area contributed by atoms with Crippen molar-refractivity contribution in [1.82, 2.24) is 15.0 Å². The van der Waals surface area contributed by atoms with Crippen molar-refractivity contribution < 1.29 is 0 Å². The zero-order valence-electron chi connectivity index (χ0n) is 15.9. The predicted octanol–water partition coefficient (Wildman–Crippen LogP) is 6.21. The average molecular weight is 353 g/mol. The molecule has 0 bridgehead atoms. The molecule has 1 aromatic heterocycles. The lowest BCUT2D eigenvalue weighted by atomic mass is 10.0. The van der Waals surface area contributed by atoms with E-state index in [4.69, 9.17) is 0 Å². The van der Waals surface area contributed by atoms with Gasteiger partial charge in [-0.25, -0.2) is 15.0 Å². The molecule has 0 aliphatic carbocycles. The molecule has 4 aromatic rings. The minimum atomic E-state index is 0.700. The Morgan fingerprint density at radius 3 is 1.33 bits per heavy atom. The van der Waals surface area contributed by atoms with E-state index in [1.54, 1.807) is 0 Å². The van der Waals surface area contributed by atoms with Crippen LogP contribution in [0.3, 0.4) is 0 Å². The molecule has 134 valence electrons. The SMILES string of the molecule is CC.Cc1nc(-c2ccccc2)nc(-c2ccc(-c3ccccc3)cc2)n1. The molecule has 0 N–H and O–H groups in total. The highest BCUT2D eigenvalue weighted by Gasteiger charge is 2.08. The monoisotopic (exact) mass is 353 g/mol. The molecular formula is C24H23N3. The van der Waals surface area contributed by atoms with Crippen LogP contribution >= 0.6 is 0 Å². The van der Waals surface area contributed by atoms with Gasteiger partial charge in [-0.3, -0.25) is 0 Å². The third kappa shape index (κ3) is 4.45. The zero-order chi connectivity index (χ0) is 19.1. The summed E-state index contributed by atoms with van der Waals surface area (Å²) >= 11 is 0. The standard InChI is InChI=1S/C22H17N3.C2H6/c1-16-23-21(19-10-6-3-7-11-19)25-22(24-16)20-14-12-18(13-15-20)17-8-4-2-5-9-17;1-2/h2-15H,1H3;1-2H3. The summed E-state index contributed by atoms with van der Waals surface area (Å²) in [5.74, 6) is 2.12. The molecule has 0 fully saturated rings. The largest absolute Gasteiger partial charge is 0.213 e. The second-order valence-electron chi connectivity index (χ2n) is 5.84. The topological polar surface area (TPSA) is 38.7 Å². The molecule has 27 heavy (non-hydrogen) atoms.